The second kappa shape index (κ2) is 18.5. The number of aliphatic hydroxyl groups excluding tert-OH is 12. The van der Waals surface area contributed by atoms with E-state index in [0.717, 1.165) is 19.3 Å². The predicted molar refractivity (Wildman–Crippen MR) is 233 cm³/mol. The number of rotatable bonds is 10. The van der Waals surface area contributed by atoms with Crippen LogP contribution in [-0.4, -0.2) is 203 Å². The van der Waals surface area contributed by atoms with Crippen molar-refractivity contribution in [2.45, 2.75) is 210 Å². The fourth-order valence-electron chi connectivity index (χ4n) is 15.2. The van der Waals surface area contributed by atoms with Crippen LogP contribution < -0.4 is 0 Å². The molecule has 0 spiro atoms. The number of allylic oxidation sites excluding steroid dienone is 2. The van der Waals surface area contributed by atoms with Crippen LogP contribution in [0.15, 0.2) is 11.6 Å². The highest BCUT2D eigenvalue weighted by Crippen LogP contribution is 2.76. The fourth-order valence-corrected chi connectivity index (χ4v) is 15.2. The van der Waals surface area contributed by atoms with Crippen molar-refractivity contribution in [3.63, 3.8) is 0 Å². The summed E-state index contributed by atoms with van der Waals surface area (Å²) in [6, 6.07) is 0. The highest BCUT2D eigenvalue weighted by atomic mass is 16.8. The number of aliphatic hydroxyl groups is 12. The summed E-state index contributed by atoms with van der Waals surface area (Å²) in [5.74, 6) is -1.69. The van der Waals surface area contributed by atoms with Gasteiger partial charge in [0.2, 0.25) is 0 Å². The van der Waals surface area contributed by atoms with E-state index >= 15 is 0 Å². The van der Waals surface area contributed by atoms with Crippen molar-refractivity contribution in [1.29, 1.82) is 0 Å². The number of hydrogen-bond donors (Lipinski definition) is 13. The molecule has 0 bridgehead atoms. The maximum Gasteiger partial charge on any atom is 0.335 e. The Morgan fingerprint density at radius 2 is 1.28 bits per heavy atom. The molecule has 0 aromatic heterocycles. The quantitative estimate of drug-likeness (QED) is 0.0889. The van der Waals surface area contributed by atoms with E-state index in [9.17, 15) is 71.2 Å². The molecule has 20 nitrogen and oxygen atoms in total. The van der Waals surface area contributed by atoms with E-state index in [0.29, 0.717) is 32.1 Å². The molecular weight excluding hydrogens is 897 g/mol. The molecule has 0 unspecified atom stereocenters. The van der Waals surface area contributed by atoms with Gasteiger partial charge in [0.1, 0.15) is 61.0 Å². The van der Waals surface area contributed by atoms with E-state index in [-0.39, 0.29) is 47.2 Å². The highest BCUT2D eigenvalue weighted by Gasteiger charge is 2.71. The first-order valence-corrected chi connectivity index (χ1v) is 24.5. The average molecular weight is 975 g/mol. The zero-order valence-electron chi connectivity index (χ0n) is 40.2. The van der Waals surface area contributed by atoms with Gasteiger partial charge in [0.15, 0.2) is 25.0 Å². The molecule has 27 atom stereocenters. The largest absolute Gasteiger partial charge is 0.479 e. The summed E-state index contributed by atoms with van der Waals surface area (Å²) >= 11 is 0. The number of carboxylic acid groups (broad SMARTS) is 1. The highest BCUT2D eigenvalue weighted by molar-refractivity contribution is 5.73. The summed E-state index contributed by atoms with van der Waals surface area (Å²) in [6.07, 6.45) is -22.0. The van der Waals surface area contributed by atoms with Crippen LogP contribution in [0.25, 0.3) is 0 Å². The van der Waals surface area contributed by atoms with E-state index < -0.39 is 139 Å². The Balaban J connectivity index is 1.08. The van der Waals surface area contributed by atoms with Gasteiger partial charge in [0.25, 0.3) is 0 Å². The molecule has 0 aromatic rings. The van der Waals surface area contributed by atoms with Gasteiger partial charge in [-0.05, 0) is 92.3 Å². The zero-order chi connectivity index (χ0) is 50.0. The van der Waals surface area contributed by atoms with Crippen molar-refractivity contribution in [1.82, 2.24) is 0 Å². The molecule has 20 heteroatoms. The van der Waals surface area contributed by atoms with Crippen molar-refractivity contribution < 1.29 is 99.6 Å². The maximum absolute atomic E-state index is 12.5. The lowest BCUT2D eigenvalue weighted by atomic mass is 9.33. The molecule has 0 radical (unpaired) electrons. The molecule has 13 N–H and O–H groups in total. The third-order valence-corrected chi connectivity index (χ3v) is 20.0. The van der Waals surface area contributed by atoms with Crippen molar-refractivity contribution in [2.24, 2.45) is 50.2 Å². The van der Waals surface area contributed by atoms with E-state index in [1.165, 1.54) is 12.5 Å². The van der Waals surface area contributed by atoms with Gasteiger partial charge in [0.05, 0.1) is 44.2 Å². The maximum atomic E-state index is 12.5. The normalized spacial score (nSPS) is 57.2. The lowest BCUT2D eigenvalue weighted by Crippen LogP contribution is -2.69. The van der Waals surface area contributed by atoms with Gasteiger partial charge in [-0.25, -0.2) is 4.79 Å². The Morgan fingerprint density at radius 3 is 1.90 bits per heavy atom. The van der Waals surface area contributed by atoms with Crippen LogP contribution in [0.1, 0.15) is 99.8 Å². The molecule has 3 heterocycles. The summed E-state index contributed by atoms with van der Waals surface area (Å²) in [4.78, 5) is 12.5. The van der Waals surface area contributed by atoms with Gasteiger partial charge in [-0.15, -0.1) is 0 Å². The molecule has 4 saturated carbocycles. The SMILES string of the molecule is C[C@@H]1O[C@@H](O[C@H]2[C@H](O[C@H]3[C@H](O[C@H]4CC[C@@]5(C)[C@@H](CC[C@]6(C)[C@@H]5CC=C5[C@@H]7C[C@](C)(CO)[C@@H](O)[C@@H](O)[C@]7(C)CC[C@]56C)[C@@]4(C)CO)O[C@H](C(=O)O)[C@@H](O)[C@@H]3O)O[C@H](CO)[C@@H](O)[C@@H]2O)[C@H](O)[C@H](O)[C@H]1O. The summed E-state index contributed by atoms with van der Waals surface area (Å²) in [6.45, 7) is 12.8. The van der Waals surface area contributed by atoms with Crippen molar-refractivity contribution in [2.75, 3.05) is 19.8 Å². The second-order valence-electron chi connectivity index (χ2n) is 23.4. The van der Waals surface area contributed by atoms with E-state index in [4.69, 9.17) is 28.4 Å². The monoisotopic (exact) mass is 975 g/mol. The molecule has 8 rings (SSSR count). The zero-order valence-corrected chi connectivity index (χ0v) is 40.2. The Kier molecular flexibility index (Phi) is 14.3. The molecule has 390 valence electrons. The van der Waals surface area contributed by atoms with Gasteiger partial charge in [-0.1, -0.05) is 53.2 Å². The number of carboxylic acids is 1. The van der Waals surface area contributed by atoms with Gasteiger partial charge >= 0.3 is 5.97 Å². The van der Waals surface area contributed by atoms with E-state index in [2.05, 4.69) is 33.8 Å². The topological polar surface area (TPSA) is 335 Å². The van der Waals surface area contributed by atoms with Gasteiger partial charge < -0.3 is 94.8 Å². The van der Waals surface area contributed by atoms with Crippen molar-refractivity contribution in [3.05, 3.63) is 11.6 Å². The molecule has 0 aromatic carbocycles. The van der Waals surface area contributed by atoms with Crippen LogP contribution in [0.4, 0.5) is 0 Å². The standard InChI is InChI=1S/C48H78O20/c1-20-27(52)29(54)33(58)40(63-20)67-35-30(55)28(53)23(17-49)64-41(35)68-36-32(57)31(56)34(39(61)62)66-42(36)65-26-11-12-45(4)24(46(26,5)19-51)10-13-48(7)25(45)9-8-21-22-16-43(2,18-50)37(59)38(60)44(22,3)14-15-47(21,48)6/h8,20,22-38,40-42,49-60H,9-19H2,1-7H3,(H,61,62)/t20-,22-,23+,24+,25+,26-,27-,28+,29+,30-,31-,32-,33+,34-,35+,36+,37-,38+,40-,41-,42+,43+,44+,45-,46+,47+,48+/m0/s1. The fraction of sp³-hybridized carbons (Fsp3) is 0.938. The van der Waals surface area contributed by atoms with Crippen LogP contribution in [0, 0.1) is 50.2 Å². The first-order chi connectivity index (χ1) is 31.7. The first-order valence-electron chi connectivity index (χ1n) is 24.5. The lowest BCUT2D eigenvalue weighted by molar-refractivity contribution is -0.396. The van der Waals surface area contributed by atoms with Crippen molar-refractivity contribution in [3.8, 4) is 0 Å². The minimum atomic E-state index is -2.09. The lowest BCUT2D eigenvalue weighted by Gasteiger charge is -2.72. The van der Waals surface area contributed by atoms with E-state index in [1.807, 2.05) is 13.8 Å². The number of fused-ring (bicyclic) bond motifs is 7. The van der Waals surface area contributed by atoms with Gasteiger partial charge in [0, 0.05) is 16.2 Å². The Morgan fingerprint density at radius 1 is 0.647 bits per heavy atom. The van der Waals surface area contributed by atoms with Crippen LogP contribution in [0.5, 0.6) is 0 Å². The van der Waals surface area contributed by atoms with Gasteiger partial charge in [-0.2, -0.15) is 0 Å². The minimum absolute atomic E-state index is 0.0531. The smallest absolute Gasteiger partial charge is 0.335 e. The molecule has 3 aliphatic heterocycles. The average Bonchev–Trinajstić information content (AvgIpc) is 3.30. The van der Waals surface area contributed by atoms with Crippen LogP contribution >= 0.6 is 0 Å². The summed E-state index contributed by atoms with van der Waals surface area (Å²) in [5, 5.41) is 142. The third-order valence-electron chi connectivity index (χ3n) is 20.0. The van der Waals surface area contributed by atoms with Crippen LogP contribution in [0.3, 0.4) is 0 Å². The van der Waals surface area contributed by atoms with E-state index in [1.54, 1.807) is 0 Å². The van der Waals surface area contributed by atoms with Gasteiger partial charge in [-0.3, -0.25) is 0 Å². The molecule has 3 saturated heterocycles. The number of aliphatic carboxylic acids is 1. The summed E-state index contributed by atoms with van der Waals surface area (Å²) in [5.41, 5.74) is -2.01. The summed E-state index contributed by atoms with van der Waals surface area (Å²) in [7, 11) is 0. The molecule has 5 aliphatic carbocycles. The van der Waals surface area contributed by atoms with Crippen LogP contribution in [0.2, 0.25) is 0 Å². The Bertz CT molecular complexity index is 1880. The molecular formula is C48H78O20. The van der Waals surface area contributed by atoms with Crippen LogP contribution in [-0.2, 0) is 33.2 Å². The molecule has 8 aliphatic rings. The second-order valence-corrected chi connectivity index (χ2v) is 23.4. The molecule has 0 amide bonds. The molecule has 68 heavy (non-hydrogen) atoms. The Labute approximate surface area is 396 Å². The Hall–Kier alpha value is -1.51. The third kappa shape index (κ3) is 7.81. The van der Waals surface area contributed by atoms with Crippen molar-refractivity contribution >= 4 is 5.97 Å². The number of ether oxygens (including phenoxy) is 6. The minimum Gasteiger partial charge on any atom is -0.479 e. The molecule has 7 fully saturated rings. The first kappa shape index (κ1) is 52.8. The number of carbonyl (C=O) groups is 1. The predicted octanol–water partition coefficient (Wildman–Crippen LogP) is -1.35. The summed E-state index contributed by atoms with van der Waals surface area (Å²) < 4.78 is 36.1. The number of hydrogen-bond acceptors (Lipinski definition) is 19.